The van der Waals surface area contributed by atoms with E-state index in [-0.39, 0.29) is 13.0 Å². The molecule has 10 nitrogen and oxygen atoms in total. The van der Waals surface area contributed by atoms with Gasteiger partial charge >= 0.3 is 18.4 Å². The summed E-state index contributed by atoms with van der Waals surface area (Å²) in [7, 11) is 0. The van der Waals surface area contributed by atoms with Crippen LogP contribution in [0.15, 0.2) is 96.5 Å². The average molecular weight is 749 g/mol. The zero-order chi connectivity index (χ0) is 38.9. The molecule has 284 valence electrons. The molecule has 2 atom stereocenters. The van der Waals surface area contributed by atoms with Crippen LogP contribution in [-0.2, 0) is 39.2 Å². The fourth-order valence-electron chi connectivity index (χ4n) is 4.80. The van der Waals surface area contributed by atoms with E-state index in [1.807, 2.05) is 6.07 Å². The number of ether oxygens (including phenoxy) is 4. The molecule has 2 heterocycles. The third-order valence-electron chi connectivity index (χ3n) is 7.28. The summed E-state index contributed by atoms with van der Waals surface area (Å²) in [4.78, 5) is 16.8. The van der Waals surface area contributed by atoms with Gasteiger partial charge in [-0.3, -0.25) is 5.32 Å². The number of carbonyl (C=O) groups is 1. The van der Waals surface area contributed by atoms with Crippen molar-refractivity contribution in [2.75, 3.05) is 11.9 Å². The van der Waals surface area contributed by atoms with E-state index in [0.29, 0.717) is 11.6 Å². The number of benzene rings is 2. The molecule has 0 aliphatic heterocycles. The zero-order valence-corrected chi connectivity index (χ0v) is 29.1. The van der Waals surface area contributed by atoms with Crippen LogP contribution in [0.4, 0.5) is 36.8 Å². The van der Waals surface area contributed by atoms with Gasteiger partial charge < -0.3 is 23.4 Å². The van der Waals surface area contributed by atoms with Crippen molar-refractivity contribution in [1.82, 2.24) is 15.2 Å². The molecule has 0 bridgehead atoms. The molecule has 16 heteroatoms. The smallest absolute Gasteiger partial charge is 0.426 e. The Balaban J connectivity index is 1.80. The molecule has 53 heavy (non-hydrogen) atoms. The van der Waals surface area contributed by atoms with Gasteiger partial charge in [0.2, 0.25) is 11.5 Å². The van der Waals surface area contributed by atoms with Crippen LogP contribution in [-0.4, -0.2) is 45.8 Å². The van der Waals surface area contributed by atoms with Crippen molar-refractivity contribution in [2.24, 2.45) is 0 Å². The summed E-state index contributed by atoms with van der Waals surface area (Å²) >= 11 is 0. The van der Waals surface area contributed by atoms with Crippen molar-refractivity contribution in [3.8, 4) is 17.5 Å². The summed E-state index contributed by atoms with van der Waals surface area (Å²) in [6.45, 7) is 10.7. The topological polar surface area (TPSA) is 118 Å². The first kappa shape index (κ1) is 40.5. The van der Waals surface area contributed by atoms with Crippen LogP contribution in [0.1, 0.15) is 56.2 Å². The first-order valence-corrected chi connectivity index (χ1v) is 16.2. The summed E-state index contributed by atoms with van der Waals surface area (Å²) < 4.78 is 116. The summed E-state index contributed by atoms with van der Waals surface area (Å²) in [5, 5.41) is 9.48. The van der Waals surface area contributed by atoms with Crippen LogP contribution in [0.3, 0.4) is 0 Å². The van der Waals surface area contributed by atoms with E-state index in [2.05, 4.69) is 33.7 Å². The number of nitrogens with zero attached hydrogens (tertiary/aromatic N) is 3. The number of nitrogens with one attached hydrogen (secondary N) is 1. The molecule has 2 aromatic heterocycles. The van der Waals surface area contributed by atoms with E-state index in [1.54, 1.807) is 54.6 Å². The largest absolute Gasteiger partial charge is 0.474 e. The van der Waals surface area contributed by atoms with Gasteiger partial charge in [-0.1, -0.05) is 72.8 Å². The predicted octanol–water partition coefficient (Wildman–Crippen LogP) is 9.59. The Bertz CT molecular complexity index is 1830. The monoisotopic (exact) mass is 748 g/mol. The maximum absolute atomic E-state index is 14.9. The number of rotatable bonds is 16. The van der Waals surface area contributed by atoms with Gasteiger partial charge in [-0.25, -0.2) is 9.78 Å². The average Bonchev–Trinajstić information content (AvgIpc) is 3.57. The number of alkyl halides is 6. The van der Waals surface area contributed by atoms with Gasteiger partial charge in [0.25, 0.3) is 11.8 Å². The zero-order valence-electron chi connectivity index (χ0n) is 29.1. The molecule has 0 saturated carbocycles. The number of amides is 1. The minimum absolute atomic E-state index is 0.106. The number of anilines is 1. The summed E-state index contributed by atoms with van der Waals surface area (Å²) in [6, 6.07) is 17.4. The van der Waals surface area contributed by atoms with Crippen LogP contribution in [0, 0.1) is 0 Å². The van der Waals surface area contributed by atoms with E-state index in [9.17, 15) is 31.1 Å². The van der Waals surface area contributed by atoms with Crippen molar-refractivity contribution in [3.05, 3.63) is 115 Å². The molecule has 2 aromatic carbocycles. The van der Waals surface area contributed by atoms with Crippen LogP contribution in [0.5, 0.6) is 5.88 Å². The van der Waals surface area contributed by atoms with Gasteiger partial charge in [0, 0.05) is 6.42 Å². The Kier molecular flexibility index (Phi) is 13.1. The number of aromatic nitrogens is 3. The molecule has 4 rings (SSSR count). The van der Waals surface area contributed by atoms with Crippen molar-refractivity contribution < 1.29 is 54.5 Å². The molecule has 0 aliphatic rings. The van der Waals surface area contributed by atoms with E-state index in [4.69, 9.17) is 23.4 Å². The Morgan fingerprint density at radius 2 is 1.53 bits per heavy atom. The number of carbonyl (C=O) groups excluding carboxylic acids is 1. The quantitative estimate of drug-likeness (QED) is 0.0883. The highest BCUT2D eigenvalue weighted by molar-refractivity contribution is 5.89. The number of halogens is 6. The fourth-order valence-corrected chi connectivity index (χ4v) is 4.80. The van der Waals surface area contributed by atoms with Gasteiger partial charge in [-0.15, -0.1) is 23.4 Å². The first-order chi connectivity index (χ1) is 25.0. The predicted molar refractivity (Wildman–Crippen MR) is 181 cm³/mol. The third-order valence-corrected chi connectivity index (χ3v) is 7.28. The Labute approximate surface area is 301 Å². The molecule has 0 saturated heterocycles. The highest BCUT2D eigenvalue weighted by atomic mass is 19.4. The van der Waals surface area contributed by atoms with Gasteiger partial charge in [0.1, 0.15) is 17.8 Å². The maximum Gasteiger partial charge on any atom is 0.426 e. The lowest BCUT2D eigenvalue weighted by Crippen LogP contribution is -2.45. The summed E-state index contributed by atoms with van der Waals surface area (Å²) in [5.41, 5.74) is -5.89. The van der Waals surface area contributed by atoms with Crippen LogP contribution in [0.25, 0.3) is 11.6 Å². The van der Waals surface area contributed by atoms with Crippen molar-refractivity contribution in [2.45, 2.75) is 76.5 Å². The number of hydrogen-bond acceptors (Lipinski definition) is 9. The van der Waals surface area contributed by atoms with Crippen molar-refractivity contribution in [1.29, 1.82) is 0 Å². The molecule has 1 amide bonds. The molecule has 0 spiro atoms. The van der Waals surface area contributed by atoms with Gasteiger partial charge in [0.05, 0.1) is 25.0 Å². The first-order valence-electron chi connectivity index (χ1n) is 16.2. The normalized spacial score (nSPS) is 13.8. The molecular weight excluding hydrogens is 710 g/mol. The Morgan fingerprint density at radius 3 is 2.08 bits per heavy atom. The second-order valence-electron chi connectivity index (χ2n) is 12.6. The van der Waals surface area contributed by atoms with Crippen molar-refractivity contribution >= 4 is 11.8 Å². The van der Waals surface area contributed by atoms with E-state index in [1.165, 1.54) is 26.8 Å². The van der Waals surface area contributed by atoms with E-state index < -0.39 is 90.0 Å². The highest BCUT2D eigenvalue weighted by Gasteiger charge is 2.61. The second-order valence-corrected chi connectivity index (χ2v) is 12.6. The Hall–Kier alpha value is -5.22. The number of hydrogen-bond donors (Lipinski definition) is 1. The minimum Gasteiger partial charge on any atom is -0.474 e. The van der Waals surface area contributed by atoms with Crippen LogP contribution >= 0.6 is 0 Å². The molecule has 2 unspecified atom stereocenters. The van der Waals surface area contributed by atoms with Crippen molar-refractivity contribution in [3.63, 3.8) is 0 Å². The molecule has 0 radical (unpaired) electrons. The maximum atomic E-state index is 14.9. The number of pyridine rings is 1. The highest BCUT2D eigenvalue weighted by Crippen LogP contribution is 2.47. The summed E-state index contributed by atoms with van der Waals surface area (Å²) in [6.07, 6.45) is -10.5. The Morgan fingerprint density at radius 1 is 0.906 bits per heavy atom. The SMILES string of the molecule is C=CCC(COc1nc(-c2nnc(C(CC=C)(OCc3ccccc3)C(F)(F)F)o2)c(NC(=O)OC(C)(C)C)cc1C(F)(F)F)OCc1ccccc1. The lowest BCUT2D eigenvalue weighted by atomic mass is 9.98. The lowest BCUT2D eigenvalue weighted by Gasteiger charge is -2.31. The standard InChI is InChI=1S/C37H38F6N4O6/c1-6-14-26(49-21-24-15-10-8-11-16-24)23-50-30-27(36(38,39)40)20-28(44-33(48)53-34(3,4)5)29(45-30)31-46-47-32(52-31)35(19-7-2,37(41,42)43)51-22-25-17-12-9-13-18-25/h6-13,15-18,20,26H,1-2,14,19,21-23H2,3-5H3,(H,44,48). The van der Waals surface area contributed by atoms with E-state index >= 15 is 0 Å². The third kappa shape index (κ3) is 10.9. The molecule has 4 aromatic rings. The van der Waals surface area contributed by atoms with Gasteiger partial charge in [-0.05, 0) is 44.4 Å². The van der Waals surface area contributed by atoms with Gasteiger partial charge in [0.15, 0.2) is 5.69 Å². The summed E-state index contributed by atoms with van der Waals surface area (Å²) in [5.74, 6) is -2.90. The van der Waals surface area contributed by atoms with Crippen LogP contribution in [0.2, 0.25) is 0 Å². The molecular formula is C37H38F6N4O6. The van der Waals surface area contributed by atoms with Crippen LogP contribution < -0.4 is 10.1 Å². The lowest BCUT2D eigenvalue weighted by molar-refractivity contribution is -0.295. The fraction of sp³-hybridized carbons (Fsp3) is 0.351. The van der Waals surface area contributed by atoms with E-state index in [0.717, 1.165) is 11.6 Å². The second kappa shape index (κ2) is 17.1. The minimum atomic E-state index is -5.15. The molecule has 0 aliphatic carbocycles. The molecule has 1 N–H and O–H groups in total. The molecule has 0 fully saturated rings. The van der Waals surface area contributed by atoms with Gasteiger partial charge in [-0.2, -0.15) is 26.3 Å².